The molecule has 0 saturated carbocycles. The van der Waals surface area contributed by atoms with E-state index >= 15 is 0 Å². The maximum absolute atomic E-state index is 12.1. The van der Waals surface area contributed by atoms with E-state index in [-0.39, 0.29) is 18.9 Å². The molecule has 7 nitrogen and oxygen atoms in total. The number of benzene rings is 1. The monoisotopic (exact) mass is 349 g/mol. The van der Waals surface area contributed by atoms with Gasteiger partial charge in [0.25, 0.3) is 5.89 Å². The van der Waals surface area contributed by atoms with E-state index in [0.29, 0.717) is 5.82 Å². The lowest BCUT2D eigenvalue weighted by Gasteiger charge is -2.01. The molecule has 3 aromatic heterocycles. The van der Waals surface area contributed by atoms with E-state index in [2.05, 4.69) is 15.1 Å². The minimum atomic E-state index is -0.394. The standard InChI is InChI=1S/C19H15N3O4/c1-12-4-5-15-14(10-24-16(15)7-12)8-18(23)25-11-17-21-19(22-26-17)13-3-2-6-20-9-13/h2-7,9-10H,8,11H2,1H3. The number of pyridine rings is 1. The van der Waals surface area contributed by atoms with Gasteiger partial charge in [-0.1, -0.05) is 17.3 Å². The fraction of sp³-hybridized carbons (Fsp3) is 0.158. The molecule has 4 rings (SSSR count). The molecule has 1 aromatic carbocycles. The predicted octanol–water partition coefficient (Wildman–Crippen LogP) is 3.47. The molecule has 0 amide bonds. The molecule has 26 heavy (non-hydrogen) atoms. The first-order valence-corrected chi connectivity index (χ1v) is 8.04. The summed E-state index contributed by atoms with van der Waals surface area (Å²) in [5.41, 5.74) is 3.37. The molecule has 0 atom stereocenters. The number of hydrogen-bond donors (Lipinski definition) is 0. The Kier molecular flexibility index (Phi) is 4.18. The number of esters is 1. The Morgan fingerprint density at radius 1 is 1.27 bits per heavy atom. The number of furan rings is 1. The van der Waals surface area contributed by atoms with Crippen LogP contribution >= 0.6 is 0 Å². The topological polar surface area (TPSA) is 91.2 Å². The summed E-state index contributed by atoms with van der Waals surface area (Å²) in [6.07, 6.45) is 4.98. The first kappa shape index (κ1) is 16.0. The van der Waals surface area contributed by atoms with Crippen LogP contribution in [0, 0.1) is 6.92 Å². The predicted molar refractivity (Wildman–Crippen MR) is 92.0 cm³/mol. The van der Waals surface area contributed by atoms with Gasteiger partial charge in [-0.15, -0.1) is 0 Å². The molecule has 0 bridgehead atoms. The Labute approximate surface area is 148 Å². The second-order valence-corrected chi connectivity index (χ2v) is 5.85. The molecule has 0 N–H and O–H groups in total. The lowest BCUT2D eigenvalue weighted by atomic mass is 10.1. The van der Waals surface area contributed by atoms with Crippen LogP contribution in [0.1, 0.15) is 17.0 Å². The van der Waals surface area contributed by atoms with Gasteiger partial charge in [0.2, 0.25) is 5.82 Å². The van der Waals surface area contributed by atoms with Crippen molar-refractivity contribution < 1.29 is 18.5 Å². The van der Waals surface area contributed by atoms with Crippen LogP contribution in [0.15, 0.2) is 57.9 Å². The van der Waals surface area contributed by atoms with E-state index in [9.17, 15) is 4.79 Å². The van der Waals surface area contributed by atoms with Crippen molar-refractivity contribution in [2.45, 2.75) is 20.0 Å². The minimum Gasteiger partial charge on any atom is -0.464 e. The Morgan fingerprint density at radius 2 is 2.19 bits per heavy atom. The van der Waals surface area contributed by atoms with E-state index in [0.717, 1.165) is 27.7 Å². The van der Waals surface area contributed by atoms with Gasteiger partial charge in [0.1, 0.15) is 5.58 Å². The van der Waals surface area contributed by atoms with Crippen LogP contribution in [-0.4, -0.2) is 21.1 Å². The van der Waals surface area contributed by atoms with Gasteiger partial charge in [-0.2, -0.15) is 4.98 Å². The first-order chi connectivity index (χ1) is 12.7. The molecular weight excluding hydrogens is 334 g/mol. The van der Waals surface area contributed by atoms with E-state index < -0.39 is 5.97 Å². The smallest absolute Gasteiger partial charge is 0.310 e. The maximum atomic E-state index is 12.1. The summed E-state index contributed by atoms with van der Waals surface area (Å²) in [7, 11) is 0. The fourth-order valence-corrected chi connectivity index (χ4v) is 2.60. The third-order valence-electron chi connectivity index (χ3n) is 3.89. The molecule has 0 saturated heterocycles. The molecule has 0 radical (unpaired) electrons. The quantitative estimate of drug-likeness (QED) is 0.509. The number of ether oxygens (including phenoxy) is 1. The minimum absolute atomic E-state index is 0.0824. The number of hydrogen-bond acceptors (Lipinski definition) is 7. The number of fused-ring (bicyclic) bond motifs is 1. The molecule has 3 heterocycles. The lowest BCUT2D eigenvalue weighted by Crippen LogP contribution is -2.07. The number of aromatic nitrogens is 3. The van der Waals surface area contributed by atoms with Crippen LogP contribution in [-0.2, 0) is 22.6 Å². The van der Waals surface area contributed by atoms with Gasteiger partial charge < -0.3 is 13.7 Å². The highest BCUT2D eigenvalue weighted by molar-refractivity contribution is 5.86. The molecule has 4 aromatic rings. The Hall–Kier alpha value is -3.48. The zero-order valence-electron chi connectivity index (χ0n) is 14.0. The van der Waals surface area contributed by atoms with Crippen molar-refractivity contribution in [3.8, 4) is 11.4 Å². The summed E-state index contributed by atoms with van der Waals surface area (Å²) in [6.45, 7) is 1.90. The van der Waals surface area contributed by atoms with Crippen molar-refractivity contribution in [3.63, 3.8) is 0 Å². The average Bonchev–Trinajstić information content (AvgIpc) is 3.28. The molecule has 0 aliphatic heterocycles. The number of nitrogens with zero attached hydrogens (tertiary/aromatic N) is 3. The molecule has 7 heteroatoms. The summed E-state index contributed by atoms with van der Waals surface area (Å²) in [6, 6.07) is 9.45. The van der Waals surface area contributed by atoms with Gasteiger partial charge in [0.15, 0.2) is 6.61 Å². The molecule has 0 fully saturated rings. The van der Waals surface area contributed by atoms with Crippen LogP contribution in [0.2, 0.25) is 0 Å². The Balaban J connectivity index is 1.39. The molecule has 130 valence electrons. The fourth-order valence-electron chi connectivity index (χ4n) is 2.60. The Morgan fingerprint density at radius 3 is 3.04 bits per heavy atom. The number of aryl methyl sites for hydroxylation is 1. The van der Waals surface area contributed by atoms with Crippen LogP contribution in [0.3, 0.4) is 0 Å². The zero-order valence-corrected chi connectivity index (χ0v) is 14.0. The zero-order chi connectivity index (χ0) is 17.9. The third kappa shape index (κ3) is 3.32. The van der Waals surface area contributed by atoms with Gasteiger partial charge in [-0.05, 0) is 30.7 Å². The van der Waals surface area contributed by atoms with Crippen LogP contribution in [0.5, 0.6) is 0 Å². The number of carbonyl (C=O) groups is 1. The summed E-state index contributed by atoms with van der Waals surface area (Å²) in [4.78, 5) is 20.3. The van der Waals surface area contributed by atoms with Crippen LogP contribution < -0.4 is 0 Å². The van der Waals surface area contributed by atoms with E-state index in [4.69, 9.17) is 13.7 Å². The normalized spacial score (nSPS) is 11.0. The van der Waals surface area contributed by atoms with Gasteiger partial charge >= 0.3 is 5.97 Å². The second-order valence-electron chi connectivity index (χ2n) is 5.85. The molecule has 0 aliphatic rings. The lowest BCUT2D eigenvalue weighted by molar-refractivity contribution is -0.144. The van der Waals surface area contributed by atoms with Crippen molar-refractivity contribution in [2.24, 2.45) is 0 Å². The maximum Gasteiger partial charge on any atom is 0.310 e. The number of rotatable bonds is 5. The summed E-state index contributed by atoms with van der Waals surface area (Å²) in [5, 5.41) is 4.76. The number of carbonyl (C=O) groups excluding carboxylic acids is 1. The summed E-state index contributed by atoms with van der Waals surface area (Å²) < 4.78 is 15.8. The van der Waals surface area contributed by atoms with Gasteiger partial charge in [0, 0.05) is 28.9 Å². The Bertz CT molecular complexity index is 1050. The molecule has 0 unspecified atom stereocenters. The van der Waals surface area contributed by atoms with Crippen molar-refractivity contribution >= 4 is 16.9 Å². The van der Waals surface area contributed by atoms with Gasteiger partial charge in [-0.25, -0.2) is 0 Å². The molecular formula is C19H15N3O4. The second kappa shape index (κ2) is 6.79. The largest absolute Gasteiger partial charge is 0.464 e. The summed E-state index contributed by atoms with van der Waals surface area (Å²) >= 11 is 0. The molecule has 0 aliphatic carbocycles. The molecule has 0 spiro atoms. The van der Waals surface area contributed by atoms with Crippen molar-refractivity contribution in [2.75, 3.05) is 0 Å². The van der Waals surface area contributed by atoms with Crippen molar-refractivity contribution in [1.82, 2.24) is 15.1 Å². The van der Waals surface area contributed by atoms with E-state index in [1.54, 1.807) is 24.7 Å². The van der Waals surface area contributed by atoms with Crippen LogP contribution in [0.4, 0.5) is 0 Å². The average molecular weight is 349 g/mol. The van der Waals surface area contributed by atoms with E-state index in [1.807, 2.05) is 31.2 Å². The van der Waals surface area contributed by atoms with Gasteiger partial charge in [-0.3, -0.25) is 9.78 Å². The summed E-state index contributed by atoms with van der Waals surface area (Å²) in [5.74, 6) is 0.236. The van der Waals surface area contributed by atoms with Crippen molar-refractivity contribution in [1.29, 1.82) is 0 Å². The highest BCUT2D eigenvalue weighted by atomic mass is 16.6. The van der Waals surface area contributed by atoms with Crippen molar-refractivity contribution in [3.05, 3.63) is 66.0 Å². The highest BCUT2D eigenvalue weighted by Crippen LogP contribution is 2.23. The van der Waals surface area contributed by atoms with Crippen LogP contribution in [0.25, 0.3) is 22.4 Å². The van der Waals surface area contributed by atoms with E-state index in [1.165, 1.54) is 0 Å². The third-order valence-corrected chi connectivity index (χ3v) is 3.89. The van der Waals surface area contributed by atoms with Gasteiger partial charge in [0.05, 0.1) is 12.7 Å². The highest BCUT2D eigenvalue weighted by Gasteiger charge is 2.14. The SMILES string of the molecule is Cc1ccc2c(CC(=O)OCc3nc(-c4cccnc4)no3)coc2c1. The first-order valence-electron chi connectivity index (χ1n) is 8.04.